The number of aromatic nitrogens is 2. The third-order valence-electron chi connectivity index (χ3n) is 7.29. The molecule has 0 atom stereocenters. The van der Waals surface area contributed by atoms with E-state index >= 15 is 0 Å². The van der Waals surface area contributed by atoms with Crippen molar-refractivity contribution in [1.29, 1.82) is 0 Å². The number of benzene rings is 2. The number of aryl methyl sites for hydroxylation is 4. The average molecular weight is 575 g/mol. The van der Waals surface area contributed by atoms with Crippen LogP contribution in [-0.4, -0.2) is 26.2 Å². The molecule has 5 rings (SSSR count). The van der Waals surface area contributed by atoms with Crippen molar-refractivity contribution in [3.05, 3.63) is 70.7 Å². The molecule has 0 spiro atoms. The molecule has 2 aromatic carbocycles. The van der Waals surface area contributed by atoms with Crippen LogP contribution >= 0.6 is 22.7 Å². The molecular weight excluding hydrogens is 537 g/mol. The summed E-state index contributed by atoms with van der Waals surface area (Å²) in [6.07, 6.45) is 6.31. The summed E-state index contributed by atoms with van der Waals surface area (Å²) in [4.78, 5) is 5.02. The Balaban J connectivity index is 1.19. The molecule has 10 heteroatoms. The van der Waals surface area contributed by atoms with Gasteiger partial charge in [0.15, 0.2) is 0 Å². The maximum Gasteiger partial charge on any atom is 0.408 e. The first-order valence-electron chi connectivity index (χ1n) is 14.0. The largest absolute Gasteiger partial charge is 0.408 e. The van der Waals surface area contributed by atoms with E-state index < -0.39 is 0 Å². The second-order valence-corrected chi connectivity index (χ2v) is 11.7. The summed E-state index contributed by atoms with van der Waals surface area (Å²) < 4.78 is 4.21. The molecule has 208 valence electrons. The number of hydrogen-bond acceptors (Lipinski definition) is 8. The van der Waals surface area contributed by atoms with Crippen LogP contribution in [0.5, 0.6) is 0 Å². The van der Waals surface area contributed by atoms with E-state index in [-0.39, 0.29) is 0 Å². The Hall–Kier alpha value is -3.50. The number of anilines is 2. The maximum absolute atomic E-state index is 4.54. The smallest absolute Gasteiger partial charge is 0.371 e. The van der Waals surface area contributed by atoms with Gasteiger partial charge in [-0.2, -0.15) is 0 Å². The maximum atomic E-state index is 4.54. The Kier molecular flexibility index (Phi) is 9.28. The van der Waals surface area contributed by atoms with E-state index in [0.29, 0.717) is 0 Å². The van der Waals surface area contributed by atoms with Gasteiger partial charge in [-0.1, -0.05) is 0 Å². The monoisotopic (exact) mass is 574 g/mol. The van der Waals surface area contributed by atoms with Crippen molar-refractivity contribution in [3.63, 3.8) is 0 Å². The van der Waals surface area contributed by atoms with E-state index in [1.165, 1.54) is 11.4 Å². The Morgan fingerprint density at radius 1 is 0.650 bits per heavy atom. The minimum absolute atomic E-state index is 0.897. The molecule has 0 aliphatic carbocycles. The van der Waals surface area contributed by atoms with E-state index in [9.17, 15) is 0 Å². The third-order valence-corrected chi connectivity index (χ3v) is 8.86. The van der Waals surface area contributed by atoms with Crippen LogP contribution in [0.25, 0.3) is 0 Å². The lowest BCUT2D eigenvalue weighted by Gasteiger charge is -2.33. The molecule has 4 aromatic rings. The highest BCUT2D eigenvalue weighted by atomic mass is 32.1. The van der Waals surface area contributed by atoms with E-state index in [0.717, 1.165) is 84.9 Å². The lowest BCUT2D eigenvalue weighted by Crippen LogP contribution is -2.36. The van der Waals surface area contributed by atoms with Crippen LogP contribution in [-0.2, 0) is 13.1 Å². The fourth-order valence-corrected chi connectivity index (χ4v) is 6.46. The summed E-state index contributed by atoms with van der Waals surface area (Å²) in [6, 6.07) is 13.1. The third kappa shape index (κ3) is 6.62. The van der Waals surface area contributed by atoms with Crippen LogP contribution in [0.2, 0.25) is 0 Å². The number of rotatable bonds is 8. The van der Waals surface area contributed by atoms with Crippen molar-refractivity contribution in [2.45, 2.75) is 53.6 Å². The predicted octanol–water partition coefficient (Wildman–Crippen LogP) is 7.98. The van der Waals surface area contributed by atoms with Gasteiger partial charge in [0.25, 0.3) is 0 Å². The zero-order valence-corrected chi connectivity index (χ0v) is 25.5. The van der Waals surface area contributed by atoms with Gasteiger partial charge < -0.3 is 9.80 Å². The first kappa shape index (κ1) is 28.0. The Bertz CT molecular complexity index is 1370. The van der Waals surface area contributed by atoms with Gasteiger partial charge in [0.05, 0.1) is 23.3 Å². The quantitative estimate of drug-likeness (QED) is 0.158. The number of hydrogen-bond donors (Lipinski definition) is 0. The summed E-state index contributed by atoms with van der Waals surface area (Å²) >= 11 is 3.23. The highest BCUT2D eigenvalue weighted by Crippen LogP contribution is 2.30. The van der Waals surface area contributed by atoms with E-state index in [4.69, 9.17) is 0 Å². The molecule has 40 heavy (non-hydrogen) atoms. The summed E-state index contributed by atoms with van der Waals surface area (Å²) in [5, 5.41) is 24.0. The molecule has 2 aromatic heterocycles. The zero-order chi connectivity index (χ0) is 27.9. The second-order valence-electron chi connectivity index (χ2n) is 9.97. The molecule has 0 amide bonds. The topological polar surface area (TPSA) is 63.7 Å². The van der Waals surface area contributed by atoms with Crippen LogP contribution in [0, 0.1) is 13.8 Å². The molecule has 1 aliphatic heterocycles. The molecule has 0 N–H and O–H groups in total. The molecule has 0 unspecified atom stereocenters. The Morgan fingerprint density at radius 3 is 1.45 bits per heavy atom. The summed E-state index contributed by atoms with van der Waals surface area (Å²) in [7, 11) is 0. The molecule has 0 bridgehead atoms. The van der Waals surface area contributed by atoms with Gasteiger partial charge in [-0.15, -0.1) is 0 Å². The van der Waals surface area contributed by atoms with E-state index in [2.05, 4.69) is 116 Å². The predicted molar refractivity (Wildman–Crippen MR) is 165 cm³/mol. The van der Waals surface area contributed by atoms with Crippen LogP contribution in [0.3, 0.4) is 0 Å². The molecule has 1 fully saturated rings. The highest BCUT2D eigenvalue weighted by molar-refractivity contribution is 7.13. The Labute approximate surface area is 245 Å². The van der Waals surface area contributed by atoms with Crippen LogP contribution < -0.4 is 18.9 Å². The molecule has 1 saturated heterocycles. The minimum Gasteiger partial charge on any atom is -0.371 e. The van der Waals surface area contributed by atoms with Crippen LogP contribution in [0.15, 0.2) is 80.0 Å². The van der Waals surface area contributed by atoms with Gasteiger partial charge >= 0.3 is 10.3 Å². The zero-order valence-electron chi connectivity index (χ0n) is 23.8. The standard InChI is InChI=1S/C30H38N8S2/c1-5-35-17-19-39-29(35)33-31-27-11-9-25(21-23(27)3)37-13-7-15-38(16-8-14-37)26-10-12-28(24(4)22-26)32-34-30-36(6-2)18-20-40-30/h9-12,17-22H,5-8,13-16H2,1-4H3/q+2. The van der Waals surface area contributed by atoms with Crippen LogP contribution in [0.1, 0.15) is 37.8 Å². The van der Waals surface area contributed by atoms with Crippen LogP contribution in [0.4, 0.5) is 33.0 Å². The molecule has 8 nitrogen and oxygen atoms in total. The SMILES string of the molecule is CC[n+]1ccsc1/N=N/c1ccc(N2CCCN(c3ccc(/N=N/c4scc[n+]4CC)c(C)c3)CCC2)cc1C. The fourth-order valence-electron chi connectivity index (χ4n) is 4.97. The second kappa shape index (κ2) is 13.2. The van der Waals surface area contributed by atoms with Gasteiger partial charge in [0.1, 0.15) is 23.8 Å². The van der Waals surface area contributed by atoms with Crippen molar-refractivity contribution < 1.29 is 9.13 Å². The molecular formula is C30H38N8S2+2. The molecule has 1 aliphatic rings. The normalized spacial score (nSPS) is 14.8. The van der Waals surface area contributed by atoms with Crippen molar-refractivity contribution in [2.24, 2.45) is 20.5 Å². The molecule has 0 saturated carbocycles. The number of nitrogens with zero attached hydrogens (tertiary/aromatic N) is 8. The van der Waals surface area contributed by atoms with Gasteiger partial charge in [-0.25, -0.2) is 9.13 Å². The fraction of sp³-hybridized carbons (Fsp3) is 0.400. The van der Waals surface area contributed by atoms with Gasteiger partial charge in [-0.05, 0) is 121 Å². The summed E-state index contributed by atoms with van der Waals surface area (Å²) in [6.45, 7) is 14.4. The van der Waals surface area contributed by atoms with Gasteiger partial charge in [0, 0.05) is 48.3 Å². The molecule has 3 heterocycles. The lowest BCUT2D eigenvalue weighted by molar-refractivity contribution is -0.677. The first-order valence-corrected chi connectivity index (χ1v) is 15.8. The van der Waals surface area contributed by atoms with Crippen molar-refractivity contribution in [3.8, 4) is 0 Å². The molecule has 0 radical (unpaired) electrons. The first-order chi connectivity index (χ1) is 19.6. The highest BCUT2D eigenvalue weighted by Gasteiger charge is 2.17. The average Bonchev–Trinajstić information content (AvgIpc) is 3.60. The lowest BCUT2D eigenvalue weighted by atomic mass is 10.1. The van der Waals surface area contributed by atoms with Gasteiger partial charge in [-0.3, -0.25) is 0 Å². The van der Waals surface area contributed by atoms with E-state index in [1.54, 1.807) is 22.7 Å². The number of thiazole rings is 2. The minimum atomic E-state index is 0.897. The van der Waals surface area contributed by atoms with Gasteiger partial charge in [0.2, 0.25) is 0 Å². The summed E-state index contributed by atoms with van der Waals surface area (Å²) in [5.74, 6) is 0. The Morgan fingerprint density at radius 2 is 1.07 bits per heavy atom. The van der Waals surface area contributed by atoms with Crippen molar-refractivity contribution in [2.75, 3.05) is 36.0 Å². The van der Waals surface area contributed by atoms with E-state index in [1.807, 2.05) is 10.8 Å². The number of azo groups is 2. The van der Waals surface area contributed by atoms with Crippen molar-refractivity contribution in [1.82, 2.24) is 0 Å². The van der Waals surface area contributed by atoms with Crippen molar-refractivity contribution >= 4 is 55.7 Å². The summed E-state index contributed by atoms with van der Waals surface area (Å²) in [5.41, 5.74) is 6.70.